The topological polar surface area (TPSA) is 70.5 Å². The van der Waals surface area contributed by atoms with Crippen LogP contribution < -0.4 is 0 Å². The zero-order valence-electron chi connectivity index (χ0n) is 18.0. The Balaban J connectivity index is 1.59. The van der Waals surface area contributed by atoms with Crippen LogP contribution in [0.15, 0.2) is 47.6 Å². The number of imidazole rings is 1. The standard InChI is InChI=1S/C25H24F3N3O2/c26-25(27,28)19-9-3-2-8-18(19)17-13-16(7-6-12-32)22-20(14-17)29-23(30-22)21-15-24(33-31-21)10-4-1-5-11-24/h2-3,6-9,13-14,32H,1,4-5,10-12,15H2,(H,29,30). The number of nitrogens with one attached hydrogen (secondary N) is 1. The van der Waals surface area contributed by atoms with Crippen molar-refractivity contribution in [2.75, 3.05) is 6.61 Å². The lowest BCUT2D eigenvalue weighted by Crippen LogP contribution is -2.31. The number of fused-ring (bicyclic) bond motifs is 1. The van der Waals surface area contributed by atoms with Gasteiger partial charge in [-0.05, 0) is 55.0 Å². The predicted octanol–water partition coefficient (Wildman–Crippen LogP) is 6.08. The second kappa shape index (κ2) is 8.33. The molecular formula is C25H24F3N3O2. The van der Waals surface area contributed by atoms with Crippen molar-refractivity contribution in [3.05, 3.63) is 59.4 Å². The van der Waals surface area contributed by atoms with Crippen LogP contribution in [-0.2, 0) is 11.0 Å². The van der Waals surface area contributed by atoms with Gasteiger partial charge in [-0.15, -0.1) is 0 Å². The number of oxime groups is 1. The first-order valence-corrected chi connectivity index (χ1v) is 11.1. The van der Waals surface area contributed by atoms with Gasteiger partial charge >= 0.3 is 6.18 Å². The quantitative estimate of drug-likeness (QED) is 0.501. The number of aromatic nitrogens is 2. The Labute approximate surface area is 189 Å². The zero-order valence-corrected chi connectivity index (χ0v) is 18.0. The Morgan fingerprint density at radius 1 is 1.12 bits per heavy atom. The summed E-state index contributed by atoms with van der Waals surface area (Å²) in [4.78, 5) is 13.8. The van der Waals surface area contributed by atoms with E-state index in [1.54, 1.807) is 30.4 Å². The van der Waals surface area contributed by atoms with Gasteiger partial charge in [-0.3, -0.25) is 0 Å². The molecule has 0 saturated heterocycles. The van der Waals surface area contributed by atoms with E-state index in [0.29, 0.717) is 34.4 Å². The summed E-state index contributed by atoms with van der Waals surface area (Å²) < 4.78 is 40.9. The molecule has 3 aromatic rings. The summed E-state index contributed by atoms with van der Waals surface area (Å²) in [7, 11) is 0. The van der Waals surface area contributed by atoms with Crippen molar-refractivity contribution in [3.8, 4) is 11.1 Å². The lowest BCUT2D eigenvalue weighted by atomic mass is 9.81. The van der Waals surface area contributed by atoms with Gasteiger partial charge in [0.05, 0.1) is 23.2 Å². The molecule has 0 bridgehead atoms. The van der Waals surface area contributed by atoms with Gasteiger partial charge < -0.3 is 14.9 Å². The highest BCUT2D eigenvalue weighted by Crippen LogP contribution is 2.41. The molecule has 0 radical (unpaired) electrons. The molecule has 2 N–H and O–H groups in total. The average molecular weight is 455 g/mol. The van der Waals surface area contributed by atoms with Crippen molar-refractivity contribution in [2.45, 2.75) is 50.3 Å². The smallest absolute Gasteiger partial charge is 0.392 e. The van der Waals surface area contributed by atoms with Crippen molar-refractivity contribution in [2.24, 2.45) is 5.16 Å². The van der Waals surface area contributed by atoms with Crippen molar-refractivity contribution in [1.29, 1.82) is 0 Å². The second-order valence-corrected chi connectivity index (χ2v) is 8.72. The summed E-state index contributed by atoms with van der Waals surface area (Å²) in [5, 5.41) is 13.6. The number of nitrogens with zero attached hydrogens (tertiary/aromatic N) is 2. The van der Waals surface area contributed by atoms with E-state index >= 15 is 0 Å². The number of hydrogen-bond acceptors (Lipinski definition) is 4. The Morgan fingerprint density at radius 3 is 2.67 bits per heavy atom. The van der Waals surface area contributed by atoms with Crippen molar-refractivity contribution in [3.63, 3.8) is 0 Å². The molecule has 1 saturated carbocycles. The maximum absolute atomic E-state index is 13.6. The van der Waals surface area contributed by atoms with E-state index in [1.165, 1.54) is 18.6 Å². The van der Waals surface area contributed by atoms with Crippen LogP contribution in [-0.4, -0.2) is 33.0 Å². The fourth-order valence-electron chi connectivity index (χ4n) is 4.84. The molecule has 33 heavy (non-hydrogen) atoms. The first kappa shape index (κ1) is 21.7. The van der Waals surface area contributed by atoms with Crippen LogP contribution in [0, 0.1) is 0 Å². The fourth-order valence-corrected chi connectivity index (χ4v) is 4.84. The number of aliphatic hydroxyl groups excluding tert-OH is 1. The van der Waals surface area contributed by atoms with Crippen LogP contribution in [0.2, 0.25) is 0 Å². The molecule has 1 spiro atoms. The summed E-state index contributed by atoms with van der Waals surface area (Å²) in [5.74, 6) is 0.562. The minimum atomic E-state index is -4.48. The highest BCUT2D eigenvalue weighted by molar-refractivity contribution is 6.02. The maximum atomic E-state index is 13.6. The maximum Gasteiger partial charge on any atom is 0.417 e. The lowest BCUT2D eigenvalue weighted by molar-refractivity contribution is -0.137. The van der Waals surface area contributed by atoms with Gasteiger partial charge in [0.1, 0.15) is 11.3 Å². The molecule has 172 valence electrons. The van der Waals surface area contributed by atoms with Crippen LogP contribution in [0.5, 0.6) is 0 Å². The van der Waals surface area contributed by atoms with E-state index in [0.717, 1.165) is 37.5 Å². The van der Waals surface area contributed by atoms with Gasteiger partial charge in [0.25, 0.3) is 0 Å². The molecule has 2 heterocycles. The van der Waals surface area contributed by atoms with E-state index < -0.39 is 11.7 Å². The Morgan fingerprint density at radius 2 is 1.91 bits per heavy atom. The van der Waals surface area contributed by atoms with E-state index in [4.69, 9.17) is 4.84 Å². The second-order valence-electron chi connectivity index (χ2n) is 8.72. The molecule has 8 heteroatoms. The zero-order chi connectivity index (χ0) is 23.1. The van der Waals surface area contributed by atoms with Crippen LogP contribution in [0.4, 0.5) is 13.2 Å². The third-order valence-electron chi connectivity index (χ3n) is 6.45. The normalized spacial score (nSPS) is 18.2. The Kier molecular flexibility index (Phi) is 5.48. The molecule has 0 unspecified atom stereocenters. The predicted molar refractivity (Wildman–Crippen MR) is 121 cm³/mol. The molecule has 1 aliphatic heterocycles. The van der Waals surface area contributed by atoms with Gasteiger partial charge in [-0.1, -0.05) is 41.9 Å². The fraction of sp³-hybridized carbons (Fsp3) is 0.360. The summed E-state index contributed by atoms with van der Waals surface area (Å²) in [6.07, 6.45) is 4.76. The number of aromatic amines is 1. The molecule has 5 rings (SSSR count). The van der Waals surface area contributed by atoms with Crippen molar-refractivity contribution in [1.82, 2.24) is 9.97 Å². The van der Waals surface area contributed by atoms with Crippen molar-refractivity contribution >= 4 is 22.8 Å². The van der Waals surface area contributed by atoms with Gasteiger partial charge in [-0.25, -0.2) is 4.98 Å². The lowest BCUT2D eigenvalue weighted by Gasteiger charge is -2.30. The number of aliphatic hydroxyl groups is 1. The summed E-state index contributed by atoms with van der Waals surface area (Å²) in [6, 6.07) is 8.83. The number of H-pyrrole nitrogens is 1. The van der Waals surface area contributed by atoms with Gasteiger partial charge in [-0.2, -0.15) is 13.2 Å². The molecule has 1 fully saturated rings. The van der Waals surface area contributed by atoms with Gasteiger partial charge in [0.15, 0.2) is 5.82 Å². The largest absolute Gasteiger partial charge is 0.417 e. The highest BCUT2D eigenvalue weighted by atomic mass is 19.4. The van der Waals surface area contributed by atoms with E-state index in [-0.39, 0.29) is 17.8 Å². The van der Waals surface area contributed by atoms with E-state index in [2.05, 4.69) is 15.1 Å². The monoisotopic (exact) mass is 455 g/mol. The summed E-state index contributed by atoms with van der Waals surface area (Å²) >= 11 is 0. The van der Waals surface area contributed by atoms with E-state index in [1.807, 2.05) is 0 Å². The minimum Gasteiger partial charge on any atom is -0.392 e. The third kappa shape index (κ3) is 4.15. The highest BCUT2D eigenvalue weighted by Gasteiger charge is 2.41. The molecule has 1 aromatic heterocycles. The average Bonchev–Trinajstić information content (AvgIpc) is 3.42. The molecule has 1 aliphatic carbocycles. The minimum absolute atomic E-state index is 0.0813. The number of benzene rings is 2. The molecule has 0 amide bonds. The number of alkyl halides is 3. The van der Waals surface area contributed by atoms with Crippen LogP contribution >= 0.6 is 0 Å². The van der Waals surface area contributed by atoms with Gasteiger partial charge in [0.2, 0.25) is 0 Å². The Hall–Kier alpha value is -3.13. The number of rotatable bonds is 4. The molecular weight excluding hydrogens is 431 g/mol. The SMILES string of the molecule is OCC=Cc1cc(-c2ccccc2C(F)(F)F)cc2nc(C3=NOC4(CCCCC4)C3)[nH]c12. The number of hydrogen-bond donors (Lipinski definition) is 2. The summed E-state index contributed by atoms with van der Waals surface area (Å²) in [6.45, 7) is -0.186. The molecule has 2 aliphatic rings. The molecule has 5 nitrogen and oxygen atoms in total. The number of halogens is 3. The first-order chi connectivity index (χ1) is 15.9. The van der Waals surface area contributed by atoms with Crippen LogP contribution in [0.1, 0.15) is 55.5 Å². The summed E-state index contributed by atoms with van der Waals surface area (Å²) in [5.41, 5.74) is 2.09. The Bertz CT molecular complexity index is 1240. The van der Waals surface area contributed by atoms with Crippen molar-refractivity contribution < 1.29 is 23.1 Å². The van der Waals surface area contributed by atoms with E-state index in [9.17, 15) is 18.3 Å². The van der Waals surface area contributed by atoms with Crippen LogP contribution in [0.25, 0.3) is 28.2 Å². The first-order valence-electron chi connectivity index (χ1n) is 11.1. The van der Waals surface area contributed by atoms with Gasteiger partial charge in [0, 0.05) is 12.0 Å². The molecule has 0 atom stereocenters. The molecule has 2 aromatic carbocycles. The third-order valence-corrected chi connectivity index (χ3v) is 6.45. The van der Waals surface area contributed by atoms with Crippen LogP contribution in [0.3, 0.4) is 0 Å².